The second-order valence-electron chi connectivity index (χ2n) is 10.2. The van der Waals surface area contributed by atoms with Gasteiger partial charge in [0.2, 0.25) is 0 Å². The van der Waals surface area contributed by atoms with Crippen molar-refractivity contribution in [1.82, 2.24) is 19.5 Å². The van der Waals surface area contributed by atoms with E-state index in [1.165, 1.54) is 29.1 Å². The normalized spacial score (nSPS) is 29.1. The van der Waals surface area contributed by atoms with Crippen LogP contribution in [0, 0.1) is 0 Å². The minimum atomic E-state index is -5.84. The molecule has 2 saturated heterocycles. The number of nitrogens with zero attached hydrogens (tertiary/aromatic N) is 5. The number of carbonyl (C=O) groups excluding carboxylic acids is 1. The quantitative estimate of drug-likeness (QED) is 0.0481. The van der Waals surface area contributed by atoms with Gasteiger partial charge in [0.05, 0.1) is 19.5 Å². The topological polar surface area (TPSA) is 402 Å². The number of hydrogen-bond acceptors (Lipinski definition) is 19. The van der Waals surface area contributed by atoms with Crippen molar-refractivity contribution in [2.24, 2.45) is 5.73 Å². The minimum Gasteiger partial charge on any atom is -0.756 e. The molecule has 3 aromatic heterocycles. The van der Waals surface area contributed by atoms with Gasteiger partial charge in [-0.1, -0.05) is 0 Å². The molecule has 2 aliphatic rings. The number of phosphoric ester groups is 3. The Bertz CT molecular complexity index is 1820. The molecule has 2 aliphatic heterocycles. The van der Waals surface area contributed by atoms with Crippen LogP contribution in [0.5, 0.6) is 0 Å². The molecule has 5 rings (SSSR count). The molecule has 25 nitrogen and oxygen atoms in total. The molecule has 29 heteroatoms. The van der Waals surface area contributed by atoms with Crippen molar-refractivity contribution in [1.29, 1.82) is 0 Å². The fourth-order valence-electron chi connectivity index (χ4n) is 4.82. The maximum Gasteiger partial charge on any atom is 1.00 e. The summed E-state index contributed by atoms with van der Waals surface area (Å²) in [5, 5.41) is 31.4. The Morgan fingerprint density at radius 2 is 1.62 bits per heavy atom. The standard InChI is InChI=1S/C21H28N7O17P3.Na.H2O/c22-17-12-19(25-7-24-17)28(8-26-12)21-16(44-46(33,34)35)14(30)11(43-21)6-41-48(38,39)45-47(36,37)40-5-10-13(29)15(31)20(42-10)27-3-1-2-9(4-27)18(23)32;;/h1-4,7-8,10-11,13-16,20-21,29-31H,5-6H2,(H7-,22,23,24,25,32,33,34,35,36,37,38,39);;1H2/q;+1;/p-1/t10-,11-,13-,14-,15-,16-,20-,21-;;/m1../s1. The van der Waals surface area contributed by atoms with E-state index in [4.69, 9.17) is 20.9 Å². The van der Waals surface area contributed by atoms with Crippen molar-refractivity contribution in [3.8, 4) is 0 Å². The van der Waals surface area contributed by atoms with E-state index in [1.54, 1.807) is 0 Å². The molecule has 2 fully saturated rings. The van der Waals surface area contributed by atoms with Crippen LogP contribution in [0.3, 0.4) is 0 Å². The summed E-state index contributed by atoms with van der Waals surface area (Å²) in [6.45, 7) is -2.21. The van der Waals surface area contributed by atoms with Crippen LogP contribution < -0.4 is 55.4 Å². The van der Waals surface area contributed by atoms with E-state index in [2.05, 4.69) is 32.8 Å². The van der Waals surface area contributed by atoms with Crippen molar-refractivity contribution in [3.63, 3.8) is 0 Å². The van der Waals surface area contributed by atoms with Crippen LogP contribution in [0.25, 0.3) is 11.2 Å². The van der Waals surface area contributed by atoms with E-state index in [1.807, 2.05) is 0 Å². The number of pyridine rings is 1. The molecule has 0 bridgehead atoms. The van der Waals surface area contributed by atoms with E-state index >= 15 is 0 Å². The molecule has 0 saturated carbocycles. The number of phosphoric acid groups is 3. The molecule has 1 amide bonds. The largest absolute Gasteiger partial charge is 1.00 e. The Kier molecular flexibility index (Phi) is 14.0. The zero-order chi connectivity index (χ0) is 35.2. The Morgan fingerprint density at radius 3 is 2.22 bits per heavy atom. The van der Waals surface area contributed by atoms with Crippen LogP contribution in [0.2, 0.25) is 0 Å². The van der Waals surface area contributed by atoms with Crippen molar-refractivity contribution in [3.05, 3.63) is 42.7 Å². The second-order valence-corrected chi connectivity index (χ2v) is 14.4. The van der Waals surface area contributed by atoms with Crippen molar-refractivity contribution < 1.29 is 120 Å². The molecule has 10 atom stereocenters. The molecule has 3 aromatic rings. The molecule has 11 N–H and O–H groups in total. The zero-order valence-corrected chi connectivity index (χ0v) is 30.0. The summed E-state index contributed by atoms with van der Waals surface area (Å²) in [4.78, 5) is 66.6. The number of anilines is 1. The summed E-state index contributed by atoms with van der Waals surface area (Å²) in [6.07, 6.45) is -8.80. The molecule has 50 heavy (non-hydrogen) atoms. The molecule has 0 aliphatic carbocycles. The summed E-state index contributed by atoms with van der Waals surface area (Å²) < 4.78 is 67.4. The first-order valence-electron chi connectivity index (χ1n) is 13.3. The van der Waals surface area contributed by atoms with Crippen LogP contribution in [0.1, 0.15) is 22.8 Å². The third-order valence-corrected chi connectivity index (χ3v) is 10.0. The number of nitrogens with two attached hydrogens (primary N) is 2. The van der Waals surface area contributed by atoms with Gasteiger partial charge in [-0.15, -0.1) is 0 Å². The first-order valence-corrected chi connectivity index (χ1v) is 17.8. The number of amides is 1. The number of imidazole rings is 1. The molecule has 0 spiro atoms. The van der Waals surface area contributed by atoms with Gasteiger partial charge in [0, 0.05) is 6.07 Å². The third-order valence-electron chi connectivity index (χ3n) is 6.96. The number of carbonyl (C=O) groups is 1. The Labute approximate surface area is 301 Å². The Hall–Kier alpha value is -1.90. The summed E-state index contributed by atoms with van der Waals surface area (Å²) in [5.41, 5.74) is 11.0. The van der Waals surface area contributed by atoms with Gasteiger partial charge in [-0.05, 0) is 6.07 Å². The number of rotatable bonds is 13. The van der Waals surface area contributed by atoms with Crippen molar-refractivity contribution in [2.75, 3.05) is 18.9 Å². The van der Waals surface area contributed by atoms with Crippen molar-refractivity contribution >= 4 is 46.4 Å². The van der Waals surface area contributed by atoms with E-state index in [0.29, 0.717) is 0 Å². The fraction of sp³-hybridized carbons (Fsp3) is 0.476. The molecular weight excluding hydrogens is 754 g/mol. The Morgan fingerprint density at radius 1 is 1.00 bits per heavy atom. The summed E-state index contributed by atoms with van der Waals surface area (Å²) in [5.74, 6) is -0.876. The number of fused-ring (bicyclic) bond motifs is 1. The minimum absolute atomic E-state index is 0. The molecule has 0 radical (unpaired) electrons. The number of aliphatic hydroxyl groups excluding tert-OH is 3. The summed E-state index contributed by atoms with van der Waals surface area (Å²) in [6, 6.07) is 2.76. The third kappa shape index (κ3) is 9.74. The zero-order valence-electron chi connectivity index (χ0n) is 25.4. The van der Waals surface area contributed by atoms with Crippen LogP contribution in [0.4, 0.5) is 5.82 Å². The smallest absolute Gasteiger partial charge is 0.756 e. The van der Waals surface area contributed by atoms with E-state index < -0.39 is 91.7 Å². The first-order chi connectivity index (χ1) is 22.4. The molecule has 0 aromatic carbocycles. The van der Waals surface area contributed by atoms with Gasteiger partial charge in [0.15, 0.2) is 36.2 Å². The monoisotopic (exact) mass is 783 g/mol. The van der Waals surface area contributed by atoms with Crippen LogP contribution in [-0.4, -0.2) is 106 Å². The average Bonchev–Trinajstić information content (AvgIpc) is 3.64. The van der Waals surface area contributed by atoms with Gasteiger partial charge < -0.3 is 70.4 Å². The number of aliphatic hydroxyl groups is 3. The summed E-state index contributed by atoms with van der Waals surface area (Å²) in [7, 11) is -16.9. The average molecular weight is 783 g/mol. The van der Waals surface area contributed by atoms with Crippen molar-refractivity contribution in [2.45, 2.75) is 49.1 Å². The number of nitrogen functional groups attached to an aromatic ring is 1. The Balaban J connectivity index is 0.00000338. The predicted octanol–water partition coefficient (Wildman–Crippen LogP) is -7.98. The van der Waals surface area contributed by atoms with E-state index in [0.717, 1.165) is 17.2 Å². The van der Waals surface area contributed by atoms with Crippen LogP contribution in [-0.2, 0) is 41.1 Å². The number of hydrogen-bond donors (Lipinski definition) is 7. The number of aromatic nitrogens is 5. The van der Waals surface area contributed by atoms with Crippen LogP contribution in [0.15, 0.2) is 37.2 Å². The maximum absolute atomic E-state index is 12.4. The van der Waals surface area contributed by atoms with Gasteiger partial charge in [-0.25, -0.2) is 23.8 Å². The number of ether oxygens (including phenoxy) is 2. The molecule has 2 unspecified atom stereocenters. The predicted molar refractivity (Wildman–Crippen MR) is 149 cm³/mol. The van der Waals surface area contributed by atoms with Gasteiger partial charge >= 0.3 is 37.4 Å². The van der Waals surface area contributed by atoms with Gasteiger partial charge in [-0.2, -0.15) is 4.57 Å². The van der Waals surface area contributed by atoms with E-state index in [-0.39, 0.29) is 57.6 Å². The molecular formula is C21H29N7NaO18P3. The molecule has 272 valence electrons. The summed E-state index contributed by atoms with van der Waals surface area (Å²) >= 11 is 0. The number of primary amides is 1. The maximum atomic E-state index is 12.4. The van der Waals surface area contributed by atoms with Gasteiger partial charge in [0.1, 0.15) is 47.9 Å². The van der Waals surface area contributed by atoms with E-state index in [9.17, 15) is 53.4 Å². The molecule has 5 heterocycles. The fourth-order valence-corrected chi connectivity index (χ4v) is 7.38. The SMILES string of the molecule is NC(=O)c1ccc[n+]([C@@H]2O[C@H](COP(=O)([O-])OP(=O)([O-])OC[C@H]3O[C@@H](n4cnc5c(N)ncnc54)[C@H](OP(=O)(O)O)[C@@H]3O)[C@@H](O)[C@H]2O)c1.O.[Na+]. The van der Waals surface area contributed by atoms with Crippen LogP contribution >= 0.6 is 23.5 Å². The second kappa shape index (κ2) is 16.4. The first kappa shape index (κ1) is 42.5. The van der Waals surface area contributed by atoms with Gasteiger partial charge in [-0.3, -0.25) is 23.0 Å². The van der Waals surface area contributed by atoms with Gasteiger partial charge in [0.25, 0.3) is 27.8 Å².